The Kier molecular flexibility index (Phi) is 4.34. The SMILES string of the molecule is C[C@@H]1CN(C(=O)c2ccc(N3CCCC3)c(F)c2)C[C@@H](C)N1. The van der Waals surface area contributed by atoms with Crippen LogP contribution in [0.1, 0.15) is 37.0 Å². The summed E-state index contributed by atoms with van der Waals surface area (Å²) in [6, 6.07) is 5.44. The summed E-state index contributed by atoms with van der Waals surface area (Å²) < 4.78 is 14.4. The van der Waals surface area contributed by atoms with Crippen LogP contribution in [-0.2, 0) is 0 Å². The van der Waals surface area contributed by atoms with Gasteiger partial charge in [-0.15, -0.1) is 0 Å². The maximum absolute atomic E-state index is 14.4. The number of piperazine rings is 1. The van der Waals surface area contributed by atoms with Gasteiger partial charge in [0.05, 0.1) is 5.69 Å². The van der Waals surface area contributed by atoms with Crippen LogP contribution in [0.2, 0.25) is 0 Å². The minimum absolute atomic E-state index is 0.0768. The van der Waals surface area contributed by atoms with Gasteiger partial charge in [0.1, 0.15) is 5.82 Å². The molecule has 2 fully saturated rings. The number of halogens is 1. The number of hydrogen-bond acceptors (Lipinski definition) is 3. The van der Waals surface area contributed by atoms with E-state index in [0.29, 0.717) is 24.3 Å². The first kappa shape index (κ1) is 15.3. The molecule has 1 amide bonds. The van der Waals surface area contributed by atoms with Crippen molar-refractivity contribution in [2.75, 3.05) is 31.1 Å². The van der Waals surface area contributed by atoms with Gasteiger partial charge in [0.25, 0.3) is 5.91 Å². The third-order valence-electron chi connectivity index (χ3n) is 4.49. The molecule has 0 aromatic heterocycles. The number of amides is 1. The van der Waals surface area contributed by atoms with Crippen molar-refractivity contribution in [3.63, 3.8) is 0 Å². The van der Waals surface area contributed by atoms with E-state index >= 15 is 0 Å². The van der Waals surface area contributed by atoms with Crippen molar-refractivity contribution in [2.45, 2.75) is 38.8 Å². The number of hydrogen-bond donors (Lipinski definition) is 1. The largest absolute Gasteiger partial charge is 0.369 e. The molecule has 1 aromatic carbocycles. The fraction of sp³-hybridized carbons (Fsp3) is 0.588. The predicted octanol–water partition coefficient (Wildman–Crippen LogP) is 2.25. The Morgan fingerprint density at radius 1 is 1.18 bits per heavy atom. The number of anilines is 1. The monoisotopic (exact) mass is 305 g/mol. The topological polar surface area (TPSA) is 35.6 Å². The number of nitrogens with zero attached hydrogens (tertiary/aromatic N) is 2. The van der Waals surface area contributed by atoms with Gasteiger partial charge >= 0.3 is 0 Å². The average Bonchev–Trinajstić information content (AvgIpc) is 2.99. The van der Waals surface area contributed by atoms with Gasteiger partial charge in [0, 0.05) is 43.8 Å². The third-order valence-corrected chi connectivity index (χ3v) is 4.49. The van der Waals surface area contributed by atoms with Crippen LogP contribution >= 0.6 is 0 Å². The van der Waals surface area contributed by atoms with E-state index in [-0.39, 0.29) is 23.8 Å². The van der Waals surface area contributed by atoms with Gasteiger partial charge in [0.2, 0.25) is 0 Å². The summed E-state index contributed by atoms with van der Waals surface area (Å²) in [5.41, 5.74) is 1.07. The molecule has 2 saturated heterocycles. The zero-order valence-corrected chi connectivity index (χ0v) is 13.3. The second kappa shape index (κ2) is 6.24. The molecular formula is C17H24FN3O. The fourth-order valence-electron chi connectivity index (χ4n) is 3.53. The molecule has 120 valence electrons. The van der Waals surface area contributed by atoms with Crippen molar-refractivity contribution in [1.29, 1.82) is 0 Å². The number of benzene rings is 1. The summed E-state index contributed by atoms with van der Waals surface area (Å²) in [5, 5.41) is 3.40. The highest BCUT2D eigenvalue weighted by Crippen LogP contribution is 2.25. The summed E-state index contributed by atoms with van der Waals surface area (Å²) in [6.45, 7) is 7.26. The van der Waals surface area contributed by atoms with Gasteiger partial charge in [-0.1, -0.05) is 0 Å². The molecule has 5 heteroatoms. The zero-order valence-electron chi connectivity index (χ0n) is 13.3. The van der Waals surface area contributed by atoms with Crippen LogP contribution in [0.25, 0.3) is 0 Å². The van der Waals surface area contributed by atoms with E-state index < -0.39 is 0 Å². The number of carbonyl (C=O) groups is 1. The van der Waals surface area contributed by atoms with Crippen molar-refractivity contribution in [3.8, 4) is 0 Å². The Bertz CT molecular complexity index is 547. The van der Waals surface area contributed by atoms with Crippen molar-refractivity contribution in [1.82, 2.24) is 10.2 Å². The van der Waals surface area contributed by atoms with E-state index in [1.54, 1.807) is 12.1 Å². The molecule has 3 rings (SSSR count). The highest BCUT2D eigenvalue weighted by molar-refractivity contribution is 5.94. The molecule has 0 aliphatic carbocycles. The van der Waals surface area contributed by atoms with E-state index in [4.69, 9.17) is 0 Å². The van der Waals surface area contributed by atoms with Crippen LogP contribution < -0.4 is 10.2 Å². The summed E-state index contributed by atoms with van der Waals surface area (Å²) in [4.78, 5) is 16.5. The molecule has 2 heterocycles. The number of carbonyl (C=O) groups excluding carboxylic acids is 1. The van der Waals surface area contributed by atoms with E-state index in [1.165, 1.54) is 6.07 Å². The Balaban J connectivity index is 1.76. The van der Waals surface area contributed by atoms with Gasteiger partial charge < -0.3 is 15.1 Å². The number of nitrogens with one attached hydrogen (secondary N) is 1. The van der Waals surface area contributed by atoms with Gasteiger partial charge in [-0.25, -0.2) is 4.39 Å². The minimum atomic E-state index is -0.288. The lowest BCUT2D eigenvalue weighted by Gasteiger charge is -2.36. The summed E-state index contributed by atoms with van der Waals surface area (Å²) >= 11 is 0. The molecule has 1 N–H and O–H groups in total. The van der Waals surface area contributed by atoms with Gasteiger partial charge in [-0.2, -0.15) is 0 Å². The van der Waals surface area contributed by atoms with E-state index in [0.717, 1.165) is 25.9 Å². The molecule has 0 saturated carbocycles. The molecule has 0 bridgehead atoms. The molecule has 1 aromatic rings. The standard InChI is InChI=1S/C17H24FN3O/c1-12-10-21(11-13(2)19-12)17(22)14-5-6-16(15(18)9-14)20-7-3-4-8-20/h5-6,9,12-13,19H,3-4,7-8,10-11H2,1-2H3/t12-,13-/m1/s1. The van der Waals surface area contributed by atoms with E-state index in [9.17, 15) is 9.18 Å². The van der Waals surface area contributed by atoms with Gasteiger partial charge in [0.15, 0.2) is 0 Å². The summed E-state index contributed by atoms with van der Waals surface area (Å²) in [6.07, 6.45) is 2.22. The van der Waals surface area contributed by atoms with Crippen molar-refractivity contribution < 1.29 is 9.18 Å². The van der Waals surface area contributed by atoms with Crippen molar-refractivity contribution in [3.05, 3.63) is 29.6 Å². The molecule has 2 aliphatic rings. The van der Waals surface area contributed by atoms with Crippen LogP contribution in [0.15, 0.2) is 18.2 Å². The molecule has 22 heavy (non-hydrogen) atoms. The fourth-order valence-corrected chi connectivity index (χ4v) is 3.53. The first-order valence-electron chi connectivity index (χ1n) is 8.14. The predicted molar refractivity (Wildman–Crippen MR) is 85.8 cm³/mol. The maximum Gasteiger partial charge on any atom is 0.254 e. The molecular weight excluding hydrogens is 281 g/mol. The van der Waals surface area contributed by atoms with Crippen molar-refractivity contribution >= 4 is 11.6 Å². The molecule has 0 spiro atoms. The second-order valence-electron chi connectivity index (χ2n) is 6.54. The second-order valence-corrected chi connectivity index (χ2v) is 6.54. The first-order chi connectivity index (χ1) is 10.5. The van der Waals surface area contributed by atoms with Crippen LogP contribution in [0, 0.1) is 5.82 Å². The highest BCUT2D eigenvalue weighted by Gasteiger charge is 2.26. The van der Waals surface area contributed by atoms with E-state index in [2.05, 4.69) is 24.1 Å². The Labute approximate surface area is 131 Å². The lowest BCUT2D eigenvalue weighted by atomic mass is 10.1. The Hall–Kier alpha value is -1.62. The molecule has 4 nitrogen and oxygen atoms in total. The van der Waals surface area contributed by atoms with Crippen LogP contribution in [0.4, 0.5) is 10.1 Å². The lowest BCUT2D eigenvalue weighted by Crippen LogP contribution is -2.55. The highest BCUT2D eigenvalue weighted by atomic mass is 19.1. The third kappa shape index (κ3) is 3.09. The van der Waals surface area contributed by atoms with Gasteiger partial charge in [-0.05, 0) is 44.9 Å². The maximum atomic E-state index is 14.4. The Morgan fingerprint density at radius 2 is 1.82 bits per heavy atom. The van der Waals surface area contributed by atoms with Gasteiger partial charge in [-0.3, -0.25) is 4.79 Å². The molecule has 0 radical (unpaired) electrons. The average molecular weight is 305 g/mol. The van der Waals surface area contributed by atoms with Crippen LogP contribution in [0.3, 0.4) is 0 Å². The number of rotatable bonds is 2. The van der Waals surface area contributed by atoms with Crippen LogP contribution in [0.5, 0.6) is 0 Å². The zero-order chi connectivity index (χ0) is 15.7. The molecule has 2 atom stereocenters. The smallest absolute Gasteiger partial charge is 0.254 e. The lowest BCUT2D eigenvalue weighted by molar-refractivity contribution is 0.0673. The summed E-state index contributed by atoms with van der Waals surface area (Å²) in [7, 11) is 0. The summed E-state index contributed by atoms with van der Waals surface area (Å²) in [5.74, 6) is -0.365. The molecule has 0 unspecified atom stereocenters. The minimum Gasteiger partial charge on any atom is -0.369 e. The quantitative estimate of drug-likeness (QED) is 0.910. The van der Waals surface area contributed by atoms with Crippen LogP contribution in [-0.4, -0.2) is 49.1 Å². The Morgan fingerprint density at radius 3 is 2.41 bits per heavy atom. The normalized spacial score (nSPS) is 25.6. The van der Waals surface area contributed by atoms with E-state index in [1.807, 2.05) is 4.90 Å². The molecule has 2 aliphatic heterocycles. The first-order valence-corrected chi connectivity index (χ1v) is 8.14. The van der Waals surface area contributed by atoms with Crippen molar-refractivity contribution in [2.24, 2.45) is 0 Å².